The second-order valence-corrected chi connectivity index (χ2v) is 9.76. The molecule has 2 aliphatic heterocycles. The van der Waals surface area contributed by atoms with Crippen LogP contribution >= 0.6 is 0 Å². The quantitative estimate of drug-likeness (QED) is 0.522. The Labute approximate surface area is 200 Å². The van der Waals surface area contributed by atoms with E-state index in [2.05, 4.69) is 16.8 Å². The molecule has 1 aromatic carbocycles. The van der Waals surface area contributed by atoms with Crippen LogP contribution in [0.5, 0.6) is 17.2 Å². The Balaban J connectivity index is 1.16. The summed E-state index contributed by atoms with van der Waals surface area (Å²) in [5.74, 6) is 2.32. The lowest BCUT2D eigenvalue weighted by Gasteiger charge is -2.39. The molecule has 1 fully saturated rings. The second-order valence-electron chi connectivity index (χ2n) is 9.76. The highest BCUT2D eigenvalue weighted by Gasteiger charge is 2.30. The summed E-state index contributed by atoms with van der Waals surface area (Å²) < 4.78 is 18.5. The van der Waals surface area contributed by atoms with Crippen molar-refractivity contribution in [2.75, 3.05) is 33.4 Å². The Morgan fingerprint density at radius 2 is 1.82 bits per heavy atom. The number of benzene rings is 1. The van der Waals surface area contributed by atoms with Crippen LogP contribution in [-0.2, 0) is 13.1 Å². The number of hydrogen-bond acceptors (Lipinski definition) is 6. The van der Waals surface area contributed by atoms with E-state index in [9.17, 15) is 4.79 Å². The number of fused-ring (bicyclic) bond motifs is 2. The van der Waals surface area contributed by atoms with Crippen LogP contribution < -0.4 is 19.8 Å². The standard InChI is InChI=1S/C27H33N3O4/c1-27(8-3-11-30-23-17-22(32-2)6-4-20(23)5-7-26(30)31)9-12-29(13-10-27)19-21-16-24-25(18-28-21)34-15-14-33-24/h4-7,16-18H,3,8-15,19H2,1-2H3. The van der Waals surface area contributed by atoms with Gasteiger partial charge in [0.2, 0.25) is 0 Å². The van der Waals surface area contributed by atoms with Crippen molar-refractivity contribution in [3.8, 4) is 17.2 Å². The van der Waals surface area contributed by atoms with Gasteiger partial charge in [-0.25, -0.2) is 0 Å². The Kier molecular flexibility index (Phi) is 6.46. The smallest absolute Gasteiger partial charge is 0.251 e. The molecule has 0 saturated carbocycles. The summed E-state index contributed by atoms with van der Waals surface area (Å²) >= 11 is 0. The third kappa shape index (κ3) is 4.89. The zero-order valence-electron chi connectivity index (χ0n) is 20.1. The third-order valence-corrected chi connectivity index (χ3v) is 7.30. The summed E-state index contributed by atoms with van der Waals surface area (Å²) in [6.07, 6.45) is 6.17. The van der Waals surface area contributed by atoms with E-state index in [4.69, 9.17) is 14.2 Å². The first-order valence-electron chi connectivity index (χ1n) is 12.2. The lowest BCUT2D eigenvalue weighted by molar-refractivity contribution is 0.101. The molecule has 0 spiro atoms. The Bertz CT molecular complexity index is 1210. The summed E-state index contributed by atoms with van der Waals surface area (Å²) in [6, 6.07) is 11.5. The van der Waals surface area contributed by atoms with Crippen molar-refractivity contribution < 1.29 is 14.2 Å². The number of pyridine rings is 2. The average Bonchev–Trinajstić information content (AvgIpc) is 2.86. The molecule has 4 heterocycles. The van der Waals surface area contributed by atoms with E-state index in [1.165, 1.54) is 0 Å². The van der Waals surface area contributed by atoms with E-state index in [0.29, 0.717) is 18.6 Å². The molecule has 0 N–H and O–H groups in total. The monoisotopic (exact) mass is 463 g/mol. The molecule has 0 aliphatic carbocycles. The molecule has 2 aromatic heterocycles. The van der Waals surface area contributed by atoms with Crippen molar-refractivity contribution in [2.45, 2.75) is 45.7 Å². The molecule has 180 valence electrons. The molecule has 0 amide bonds. The van der Waals surface area contributed by atoms with Crippen LogP contribution in [0, 0.1) is 5.41 Å². The predicted octanol–water partition coefficient (Wildman–Crippen LogP) is 4.26. The number of hydrogen-bond donors (Lipinski definition) is 0. The maximum atomic E-state index is 12.6. The Morgan fingerprint density at radius 3 is 2.62 bits per heavy atom. The van der Waals surface area contributed by atoms with Gasteiger partial charge in [-0.05, 0) is 67.8 Å². The van der Waals surface area contributed by atoms with Gasteiger partial charge in [0.15, 0.2) is 11.5 Å². The maximum Gasteiger partial charge on any atom is 0.251 e. The van der Waals surface area contributed by atoms with E-state index < -0.39 is 0 Å². The van der Waals surface area contributed by atoms with Crippen LogP contribution in [0.2, 0.25) is 0 Å². The summed E-state index contributed by atoms with van der Waals surface area (Å²) in [7, 11) is 1.66. The fourth-order valence-corrected chi connectivity index (χ4v) is 5.10. The Morgan fingerprint density at radius 1 is 1.06 bits per heavy atom. The summed E-state index contributed by atoms with van der Waals surface area (Å²) in [4.78, 5) is 19.6. The molecule has 0 atom stereocenters. The minimum atomic E-state index is 0.0488. The van der Waals surface area contributed by atoms with Crippen molar-refractivity contribution in [3.05, 3.63) is 58.6 Å². The van der Waals surface area contributed by atoms with Crippen molar-refractivity contribution >= 4 is 10.9 Å². The van der Waals surface area contributed by atoms with Crippen LogP contribution in [0.3, 0.4) is 0 Å². The number of ether oxygens (including phenoxy) is 3. The number of rotatable bonds is 7. The maximum absolute atomic E-state index is 12.6. The largest absolute Gasteiger partial charge is 0.497 e. The van der Waals surface area contributed by atoms with E-state index in [1.54, 1.807) is 19.4 Å². The molecule has 1 saturated heterocycles. The number of aromatic nitrogens is 2. The third-order valence-electron chi connectivity index (χ3n) is 7.30. The minimum Gasteiger partial charge on any atom is -0.497 e. The minimum absolute atomic E-state index is 0.0488. The molecule has 0 unspecified atom stereocenters. The SMILES string of the molecule is COc1ccc2ccc(=O)n(CCCC3(C)CCN(Cc4cc5c(cn4)OCCO5)CC3)c2c1. The highest BCUT2D eigenvalue weighted by molar-refractivity contribution is 5.80. The van der Waals surface area contributed by atoms with Gasteiger partial charge in [-0.3, -0.25) is 14.7 Å². The first-order valence-corrected chi connectivity index (χ1v) is 12.2. The number of likely N-dealkylation sites (tertiary alicyclic amines) is 1. The fourth-order valence-electron chi connectivity index (χ4n) is 5.10. The highest BCUT2D eigenvalue weighted by Crippen LogP contribution is 2.37. The topological polar surface area (TPSA) is 65.8 Å². The van der Waals surface area contributed by atoms with Crippen LogP contribution in [0.15, 0.2) is 47.4 Å². The van der Waals surface area contributed by atoms with Crippen LogP contribution in [0.4, 0.5) is 0 Å². The van der Waals surface area contributed by atoms with Gasteiger partial charge in [0.05, 0.1) is 24.5 Å². The van der Waals surface area contributed by atoms with Gasteiger partial charge in [0.1, 0.15) is 19.0 Å². The van der Waals surface area contributed by atoms with Gasteiger partial charge in [0, 0.05) is 31.3 Å². The lowest BCUT2D eigenvalue weighted by Crippen LogP contribution is -2.38. The summed E-state index contributed by atoms with van der Waals surface area (Å²) in [5, 5.41) is 1.06. The van der Waals surface area contributed by atoms with E-state index in [1.807, 2.05) is 34.9 Å². The van der Waals surface area contributed by atoms with Crippen molar-refractivity contribution in [1.82, 2.24) is 14.5 Å². The zero-order valence-corrected chi connectivity index (χ0v) is 20.1. The van der Waals surface area contributed by atoms with E-state index >= 15 is 0 Å². The molecule has 0 bridgehead atoms. The second kappa shape index (κ2) is 9.66. The molecule has 34 heavy (non-hydrogen) atoms. The Hall–Kier alpha value is -3.06. The highest BCUT2D eigenvalue weighted by atomic mass is 16.6. The molecule has 7 nitrogen and oxygen atoms in total. The van der Waals surface area contributed by atoms with Crippen LogP contribution in [0.25, 0.3) is 10.9 Å². The molecule has 7 heteroatoms. The van der Waals surface area contributed by atoms with Crippen molar-refractivity contribution in [1.29, 1.82) is 0 Å². The number of aryl methyl sites for hydroxylation is 1. The number of methoxy groups -OCH3 is 1. The molecule has 3 aromatic rings. The number of piperidine rings is 1. The van der Waals surface area contributed by atoms with E-state index in [0.717, 1.165) is 85.7 Å². The fraction of sp³-hybridized carbons (Fsp3) is 0.481. The van der Waals surface area contributed by atoms with Crippen molar-refractivity contribution in [3.63, 3.8) is 0 Å². The van der Waals surface area contributed by atoms with Gasteiger partial charge >= 0.3 is 0 Å². The lowest BCUT2D eigenvalue weighted by atomic mass is 9.76. The van der Waals surface area contributed by atoms with E-state index in [-0.39, 0.29) is 5.56 Å². The summed E-state index contributed by atoms with van der Waals surface area (Å²) in [5.41, 5.74) is 2.31. The molecule has 0 radical (unpaired) electrons. The predicted molar refractivity (Wildman–Crippen MR) is 132 cm³/mol. The molecule has 5 rings (SSSR count). The van der Waals surface area contributed by atoms with Crippen molar-refractivity contribution in [2.24, 2.45) is 5.41 Å². The molecular weight excluding hydrogens is 430 g/mol. The van der Waals surface area contributed by atoms with Crippen LogP contribution in [0.1, 0.15) is 38.3 Å². The number of nitrogens with zero attached hydrogens (tertiary/aromatic N) is 3. The average molecular weight is 464 g/mol. The van der Waals surface area contributed by atoms with Gasteiger partial charge in [-0.2, -0.15) is 0 Å². The van der Waals surface area contributed by atoms with Gasteiger partial charge in [-0.15, -0.1) is 0 Å². The normalized spacial score (nSPS) is 17.6. The van der Waals surface area contributed by atoms with Crippen LogP contribution in [-0.4, -0.2) is 47.9 Å². The molecule has 2 aliphatic rings. The summed E-state index contributed by atoms with van der Waals surface area (Å²) in [6.45, 7) is 7.24. The first-order chi connectivity index (χ1) is 16.5. The molecular formula is C27H33N3O4. The van der Waals surface area contributed by atoms with Gasteiger partial charge < -0.3 is 18.8 Å². The zero-order chi connectivity index (χ0) is 23.5. The van der Waals surface area contributed by atoms with Gasteiger partial charge in [-0.1, -0.05) is 6.92 Å². The van der Waals surface area contributed by atoms with Gasteiger partial charge in [0.25, 0.3) is 5.56 Å². The first kappa shape index (κ1) is 22.7.